The molecular weight excluding hydrogens is 440 g/mol. The van der Waals surface area contributed by atoms with Crippen molar-refractivity contribution in [2.75, 3.05) is 43.6 Å². The maximum atomic E-state index is 13.0. The quantitative estimate of drug-likeness (QED) is 0.431. The normalized spacial score (nSPS) is 13.8. The molecule has 1 unspecified atom stereocenters. The molecule has 3 aromatic carbocycles. The Balaban J connectivity index is 1.38. The average Bonchev–Trinajstić information content (AvgIpc) is 3.30. The second-order valence-corrected chi connectivity index (χ2v) is 8.87. The first-order valence-electron chi connectivity index (χ1n) is 11.6. The SMILES string of the molecule is CN(C)c1ccc(C(CNC(=O)CN2C(=O)COc3ccccc32)c2c[nH]c3ccccc23)cc1. The van der Waals surface area contributed by atoms with Gasteiger partial charge in [0.15, 0.2) is 6.61 Å². The van der Waals surface area contributed by atoms with Gasteiger partial charge in [0.2, 0.25) is 5.91 Å². The van der Waals surface area contributed by atoms with Crippen LogP contribution in [0.25, 0.3) is 10.9 Å². The zero-order chi connectivity index (χ0) is 24.4. The number of hydrogen-bond donors (Lipinski definition) is 2. The first kappa shape index (κ1) is 22.5. The summed E-state index contributed by atoms with van der Waals surface area (Å²) in [5.41, 5.74) is 5.00. The third-order valence-corrected chi connectivity index (χ3v) is 6.42. The van der Waals surface area contributed by atoms with Crippen molar-refractivity contribution in [1.29, 1.82) is 0 Å². The number of nitrogens with zero attached hydrogens (tertiary/aromatic N) is 2. The van der Waals surface area contributed by atoms with Crippen molar-refractivity contribution in [3.05, 3.63) is 90.1 Å². The maximum absolute atomic E-state index is 13.0. The van der Waals surface area contributed by atoms with Gasteiger partial charge in [-0.3, -0.25) is 14.5 Å². The second kappa shape index (κ2) is 9.54. The highest BCUT2D eigenvalue weighted by molar-refractivity contribution is 6.02. The molecule has 7 heteroatoms. The van der Waals surface area contributed by atoms with Crippen molar-refractivity contribution in [3.63, 3.8) is 0 Å². The van der Waals surface area contributed by atoms with Crippen LogP contribution in [0.1, 0.15) is 17.0 Å². The molecule has 178 valence electrons. The lowest BCUT2D eigenvalue weighted by atomic mass is 9.90. The third-order valence-electron chi connectivity index (χ3n) is 6.42. The molecule has 4 aromatic rings. The number of carbonyl (C=O) groups is 2. The molecule has 7 nitrogen and oxygen atoms in total. The number of hydrogen-bond acceptors (Lipinski definition) is 4. The Hall–Kier alpha value is -4.26. The molecule has 2 N–H and O–H groups in total. The molecule has 0 bridgehead atoms. The fraction of sp³-hybridized carbons (Fsp3) is 0.214. The smallest absolute Gasteiger partial charge is 0.265 e. The van der Waals surface area contributed by atoms with E-state index in [2.05, 4.69) is 45.5 Å². The maximum Gasteiger partial charge on any atom is 0.265 e. The lowest BCUT2D eigenvalue weighted by Gasteiger charge is -2.29. The van der Waals surface area contributed by atoms with Gasteiger partial charge in [-0.2, -0.15) is 0 Å². The van der Waals surface area contributed by atoms with Gasteiger partial charge in [0.1, 0.15) is 12.3 Å². The minimum absolute atomic E-state index is 0.0562. The number of ether oxygens (including phenoxy) is 1. The van der Waals surface area contributed by atoms with Crippen molar-refractivity contribution in [3.8, 4) is 5.75 Å². The van der Waals surface area contributed by atoms with Crippen LogP contribution in [0.5, 0.6) is 5.75 Å². The summed E-state index contributed by atoms with van der Waals surface area (Å²) in [7, 11) is 4.02. The van der Waals surface area contributed by atoms with Crippen LogP contribution in [0.4, 0.5) is 11.4 Å². The van der Waals surface area contributed by atoms with Crippen LogP contribution in [0, 0.1) is 0 Å². The van der Waals surface area contributed by atoms with Crippen LogP contribution < -0.4 is 19.9 Å². The lowest BCUT2D eigenvalue weighted by molar-refractivity contribution is -0.125. The topological polar surface area (TPSA) is 77.7 Å². The fourth-order valence-electron chi connectivity index (χ4n) is 4.54. The highest BCUT2D eigenvalue weighted by atomic mass is 16.5. The number of H-pyrrole nitrogens is 1. The Kier molecular flexibility index (Phi) is 6.14. The van der Waals surface area contributed by atoms with Crippen LogP contribution in [0.3, 0.4) is 0 Å². The summed E-state index contributed by atoms with van der Waals surface area (Å²) in [6.45, 7) is 0.280. The van der Waals surface area contributed by atoms with Crippen LogP contribution in [0.15, 0.2) is 79.0 Å². The molecule has 0 radical (unpaired) electrons. The molecule has 2 amide bonds. The number of rotatable bonds is 7. The standard InChI is InChI=1S/C28H28N4O3/c1-31(2)20-13-11-19(12-14-20)22(23-16-29-24-8-4-3-7-21(23)24)15-30-27(33)17-32-25-9-5-6-10-26(25)35-18-28(32)34/h3-14,16,22,29H,15,17-18H2,1-2H3,(H,30,33). The van der Waals surface area contributed by atoms with E-state index in [1.54, 1.807) is 12.1 Å². The van der Waals surface area contributed by atoms with E-state index in [4.69, 9.17) is 4.74 Å². The highest BCUT2D eigenvalue weighted by Crippen LogP contribution is 2.33. The van der Waals surface area contributed by atoms with Gasteiger partial charge >= 0.3 is 0 Å². The fourth-order valence-corrected chi connectivity index (χ4v) is 4.54. The number of carbonyl (C=O) groups excluding carboxylic acids is 2. The zero-order valence-electron chi connectivity index (χ0n) is 19.8. The molecular formula is C28H28N4O3. The molecule has 0 spiro atoms. The molecule has 1 aliphatic rings. The Morgan fingerprint density at radius 2 is 1.80 bits per heavy atom. The van der Waals surface area contributed by atoms with Gasteiger partial charge in [-0.25, -0.2) is 0 Å². The van der Waals surface area contributed by atoms with E-state index in [0.29, 0.717) is 18.0 Å². The molecule has 0 saturated carbocycles. The number of benzene rings is 3. The summed E-state index contributed by atoms with van der Waals surface area (Å²) in [5, 5.41) is 4.20. The summed E-state index contributed by atoms with van der Waals surface area (Å²) in [5.74, 6) is 0.104. The van der Waals surface area contributed by atoms with Gasteiger partial charge in [-0.15, -0.1) is 0 Å². The monoisotopic (exact) mass is 468 g/mol. The summed E-state index contributed by atoms with van der Waals surface area (Å²) in [4.78, 5) is 32.4. The Morgan fingerprint density at radius 3 is 2.60 bits per heavy atom. The molecule has 0 saturated heterocycles. The molecule has 1 aliphatic heterocycles. The third kappa shape index (κ3) is 4.57. The van der Waals surface area contributed by atoms with Crippen LogP contribution in [0.2, 0.25) is 0 Å². The minimum Gasteiger partial charge on any atom is -0.482 e. The number of anilines is 2. The number of aromatic nitrogens is 1. The van der Waals surface area contributed by atoms with Gasteiger partial charge in [-0.05, 0) is 41.5 Å². The van der Waals surface area contributed by atoms with Crippen LogP contribution >= 0.6 is 0 Å². The molecule has 0 aliphatic carbocycles. The predicted molar refractivity (Wildman–Crippen MR) is 138 cm³/mol. The number of para-hydroxylation sites is 3. The van der Waals surface area contributed by atoms with E-state index in [1.165, 1.54) is 4.90 Å². The van der Waals surface area contributed by atoms with E-state index in [1.807, 2.05) is 50.6 Å². The Labute approximate surface area is 204 Å². The van der Waals surface area contributed by atoms with E-state index in [9.17, 15) is 9.59 Å². The van der Waals surface area contributed by atoms with E-state index < -0.39 is 0 Å². The second-order valence-electron chi connectivity index (χ2n) is 8.87. The number of fused-ring (bicyclic) bond motifs is 2. The molecule has 35 heavy (non-hydrogen) atoms. The summed E-state index contributed by atoms with van der Waals surface area (Å²) >= 11 is 0. The average molecular weight is 469 g/mol. The van der Waals surface area contributed by atoms with Crippen molar-refractivity contribution in [1.82, 2.24) is 10.3 Å². The lowest BCUT2D eigenvalue weighted by Crippen LogP contribution is -2.45. The van der Waals surface area contributed by atoms with Gasteiger partial charge in [0.05, 0.1) is 5.69 Å². The number of amides is 2. The minimum atomic E-state index is -0.230. The molecule has 1 atom stereocenters. The Morgan fingerprint density at radius 1 is 1.06 bits per heavy atom. The number of aromatic amines is 1. The van der Waals surface area contributed by atoms with Crippen LogP contribution in [-0.4, -0.2) is 50.6 Å². The first-order valence-corrected chi connectivity index (χ1v) is 11.6. The zero-order valence-corrected chi connectivity index (χ0v) is 19.8. The molecule has 1 aromatic heterocycles. The first-order chi connectivity index (χ1) is 17.0. The van der Waals surface area contributed by atoms with Crippen LogP contribution in [-0.2, 0) is 9.59 Å². The van der Waals surface area contributed by atoms with Gasteiger partial charge < -0.3 is 19.9 Å². The Bertz CT molecular complexity index is 1360. The van der Waals surface area contributed by atoms with Crippen molar-refractivity contribution in [2.24, 2.45) is 0 Å². The summed E-state index contributed by atoms with van der Waals surface area (Å²) < 4.78 is 5.49. The van der Waals surface area contributed by atoms with Crippen molar-refractivity contribution in [2.45, 2.75) is 5.92 Å². The largest absolute Gasteiger partial charge is 0.482 e. The van der Waals surface area contributed by atoms with Gasteiger partial charge in [0, 0.05) is 49.3 Å². The molecule has 0 fully saturated rings. The highest BCUT2D eigenvalue weighted by Gasteiger charge is 2.27. The van der Waals surface area contributed by atoms with E-state index >= 15 is 0 Å². The molecule has 5 rings (SSSR count). The number of nitrogens with one attached hydrogen (secondary N) is 2. The van der Waals surface area contributed by atoms with Gasteiger partial charge in [-0.1, -0.05) is 42.5 Å². The predicted octanol–water partition coefficient (Wildman–Crippen LogP) is 3.91. The van der Waals surface area contributed by atoms with E-state index in [-0.39, 0.29) is 30.9 Å². The van der Waals surface area contributed by atoms with Gasteiger partial charge in [0.25, 0.3) is 5.91 Å². The van der Waals surface area contributed by atoms with E-state index in [0.717, 1.165) is 27.7 Å². The van der Waals surface area contributed by atoms with Crippen molar-refractivity contribution < 1.29 is 14.3 Å². The van der Waals surface area contributed by atoms with Crippen molar-refractivity contribution >= 4 is 34.1 Å². The molecule has 2 heterocycles. The summed E-state index contributed by atoms with van der Waals surface area (Å²) in [6, 6.07) is 23.8. The summed E-state index contributed by atoms with van der Waals surface area (Å²) in [6.07, 6.45) is 2.02.